The van der Waals surface area contributed by atoms with E-state index in [1.165, 1.54) is 0 Å². The zero-order valence-electron chi connectivity index (χ0n) is 5.71. The van der Waals surface area contributed by atoms with Crippen molar-refractivity contribution < 1.29 is 4.92 Å². The van der Waals surface area contributed by atoms with E-state index >= 15 is 0 Å². The Morgan fingerprint density at radius 1 is 1.60 bits per heavy atom. The molecule has 1 aromatic rings. The fraction of sp³-hybridized carbons (Fsp3) is 0.400. The van der Waals surface area contributed by atoms with Gasteiger partial charge in [0, 0.05) is 6.92 Å². The van der Waals surface area contributed by atoms with Gasteiger partial charge in [-0.15, -0.1) is 0 Å². The van der Waals surface area contributed by atoms with Crippen LogP contribution in [0.15, 0.2) is 0 Å². The quantitative estimate of drug-likeness (QED) is 0.467. The summed E-state index contributed by atoms with van der Waals surface area (Å²) in [5.74, 6) is 0.557. The number of nitrogens with zero attached hydrogens (tertiary/aromatic N) is 2. The monoisotopic (exact) mass is 141 g/mol. The third-order valence-electron chi connectivity index (χ3n) is 1.16. The van der Waals surface area contributed by atoms with Crippen molar-refractivity contribution >= 4 is 5.82 Å². The van der Waals surface area contributed by atoms with Crippen molar-refractivity contribution in [2.45, 2.75) is 13.8 Å². The number of nitrogens with one attached hydrogen (secondary N) is 1. The zero-order chi connectivity index (χ0) is 7.72. The van der Waals surface area contributed by atoms with Crippen LogP contribution in [0.1, 0.15) is 11.5 Å². The molecular weight excluding hydrogens is 134 g/mol. The van der Waals surface area contributed by atoms with Crippen molar-refractivity contribution in [3.05, 3.63) is 21.6 Å². The fourth-order valence-corrected chi connectivity index (χ4v) is 0.772. The van der Waals surface area contributed by atoms with Crippen LogP contribution in [0.5, 0.6) is 0 Å². The molecule has 0 aliphatic heterocycles. The molecule has 0 saturated carbocycles. The first-order valence-corrected chi connectivity index (χ1v) is 2.79. The van der Waals surface area contributed by atoms with E-state index in [1.54, 1.807) is 13.8 Å². The van der Waals surface area contributed by atoms with Crippen LogP contribution in [0, 0.1) is 24.0 Å². The average Bonchev–Trinajstić information content (AvgIpc) is 2.10. The van der Waals surface area contributed by atoms with Gasteiger partial charge in [0.05, 0.1) is 0 Å². The SMILES string of the molecule is Cc1nc(C)c([N+](=O)[O-])[nH]1. The van der Waals surface area contributed by atoms with Crippen molar-refractivity contribution in [2.75, 3.05) is 0 Å². The summed E-state index contributed by atoms with van der Waals surface area (Å²) in [7, 11) is 0. The van der Waals surface area contributed by atoms with E-state index < -0.39 is 4.92 Å². The molecule has 1 heterocycles. The highest BCUT2D eigenvalue weighted by Gasteiger charge is 2.12. The molecule has 0 atom stereocenters. The molecule has 0 unspecified atom stereocenters. The highest BCUT2D eigenvalue weighted by atomic mass is 16.6. The van der Waals surface area contributed by atoms with Crippen LogP contribution in [0.3, 0.4) is 0 Å². The number of rotatable bonds is 1. The maximum absolute atomic E-state index is 10.2. The van der Waals surface area contributed by atoms with E-state index in [-0.39, 0.29) is 5.82 Å². The molecule has 54 valence electrons. The minimum atomic E-state index is -0.477. The van der Waals surface area contributed by atoms with Gasteiger partial charge in [-0.05, 0) is 11.8 Å². The van der Waals surface area contributed by atoms with E-state index in [2.05, 4.69) is 9.97 Å². The van der Waals surface area contributed by atoms with Gasteiger partial charge in [-0.25, -0.2) is 9.97 Å². The summed E-state index contributed by atoms with van der Waals surface area (Å²) in [6.07, 6.45) is 0. The molecule has 5 nitrogen and oxygen atoms in total. The van der Waals surface area contributed by atoms with Crippen LogP contribution in [0.25, 0.3) is 0 Å². The molecule has 0 spiro atoms. The standard InChI is InChI=1S/C5H7N3O2/c1-3-5(8(9)10)7-4(2)6-3/h1-2H3,(H,6,7). The van der Waals surface area contributed by atoms with Gasteiger partial charge in [0.15, 0.2) is 5.82 Å². The second-order valence-electron chi connectivity index (χ2n) is 2.01. The highest BCUT2D eigenvalue weighted by Crippen LogP contribution is 2.11. The predicted molar refractivity (Wildman–Crippen MR) is 34.7 cm³/mol. The predicted octanol–water partition coefficient (Wildman–Crippen LogP) is 0.935. The van der Waals surface area contributed by atoms with Crippen LogP contribution < -0.4 is 0 Å². The first-order valence-electron chi connectivity index (χ1n) is 2.79. The van der Waals surface area contributed by atoms with Crippen LogP contribution in [0.2, 0.25) is 0 Å². The highest BCUT2D eigenvalue weighted by molar-refractivity contribution is 5.25. The number of H-pyrrole nitrogens is 1. The van der Waals surface area contributed by atoms with Gasteiger partial charge in [-0.1, -0.05) is 0 Å². The number of imidazole rings is 1. The Morgan fingerprint density at radius 2 is 2.20 bits per heavy atom. The number of nitro groups is 1. The molecule has 0 bridgehead atoms. The third-order valence-corrected chi connectivity index (χ3v) is 1.16. The van der Waals surface area contributed by atoms with Crippen molar-refractivity contribution in [3.63, 3.8) is 0 Å². The Bertz CT molecular complexity index is 266. The fourth-order valence-electron chi connectivity index (χ4n) is 0.772. The number of hydrogen-bond acceptors (Lipinski definition) is 3. The lowest BCUT2D eigenvalue weighted by atomic mass is 10.5. The van der Waals surface area contributed by atoms with Gasteiger partial charge >= 0.3 is 5.82 Å². The van der Waals surface area contributed by atoms with Crippen molar-refractivity contribution in [1.82, 2.24) is 9.97 Å². The summed E-state index contributed by atoms with van der Waals surface area (Å²) in [5.41, 5.74) is 0.433. The summed E-state index contributed by atoms with van der Waals surface area (Å²) in [6.45, 7) is 3.28. The average molecular weight is 141 g/mol. The van der Waals surface area contributed by atoms with Crippen LogP contribution >= 0.6 is 0 Å². The van der Waals surface area contributed by atoms with Crippen molar-refractivity contribution in [3.8, 4) is 0 Å². The van der Waals surface area contributed by atoms with E-state index in [1.807, 2.05) is 0 Å². The van der Waals surface area contributed by atoms with Gasteiger partial charge in [-0.3, -0.25) is 0 Å². The first-order chi connectivity index (χ1) is 4.61. The molecule has 0 fully saturated rings. The largest absolute Gasteiger partial charge is 0.358 e. The van der Waals surface area contributed by atoms with Gasteiger partial charge in [0.25, 0.3) is 0 Å². The topological polar surface area (TPSA) is 71.8 Å². The second kappa shape index (κ2) is 2.09. The molecule has 5 heteroatoms. The van der Waals surface area contributed by atoms with Gasteiger partial charge in [0.1, 0.15) is 5.69 Å². The summed E-state index contributed by atoms with van der Waals surface area (Å²) in [4.78, 5) is 16.1. The Kier molecular flexibility index (Phi) is 1.41. The molecule has 10 heavy (non-hydrogen) atoms. The Balaban J connectivity index is 3.15. The van der Waals surface area contributed by atoms with E-state index in [4.69, 9.17) is 0 Å². The lowest BCUT2D eigenvalue weighted by Gasteiger charge is -1.87. The zero-order valence-corrected chi connectivity index (χ0v) is 5.71. The summed E-state index contributed by atoms with van der Waals surface area (Å²) >= 11 is 0. The van der Waals surface area contributed by atoms with E-state index in [0.717, 1.165) is 0 Å². The van der Waals surface area contributed by atoms with Gasteiger partial charge in [0.2, 0.25) is 0 Å². The maximum atomic E-state index is 10.2. The molecule has 1 aromatic heterocycles. The Morgan fingerprint density at radius 3 is 2.40 bits per heavy atom. The third kappa shape index (κ3) is 0.975. The molecule has 0 aliphatic rings. The molecule has 0 radical (unpaired) electrons. The van der Waals surface area contributed by atoms with E-state index in [9.17, 15) is 10.1 Å². The van der Waals surface area contributed by atoms with Crippen molar-refractivity contribution in [1.29, 1.82) is 0 Å². The van der Waals surface area contributed by atoms with Gasteiger partial charge < -0.3 is 10.1 Å². The number of aromatic amines is 1. The van der Waals surface area contributed by atoms with Crippen molar-refractivity contribution in [2.24, 2.45) is 0 Å². The summed E-state index contributed by atoms with van der Waals surface area (Å²) < 4.78 is 0. The molecule has 1 N–H and O–H groups in total. The first kappa shape index (κ1) is 6.73. The normalized spacial score (nSPS) is 9.80. The lowest BCUT2D eigenvalue weighted by molar-refractivity contribution is -0.389. The van der Waals surface area contributed by atoms with Crippen LogP contribution in [0.4, 0.5) is 5.82 Å². The molecule has 1 rings (SSSR count). The molecule has 0 aliphatic carbocycles. The lowest BCUT2D eigenvalue weighted by Crippen LogP contribution is -1.89. The molecule has 0 amide bonds. The Labute approximate surface area is 57.2 Å². The number of hydrogen-bond donors (Lipinski definition) is 1. The minimum Gasteiger partial charge on any atom is -0.358 e. The summed E-state index contributed by atoms with van der Waals surface area (Å²) in [5, 5.41) is 10.2. The second-order valence-corrected chi connectivity index (χ2v) is 2.01. The van der Waals surface area contributed by atoms with Crippen LogP contribution in [-0.4, -0.2) is 14.9 Å². The number of aromatic nitrogens is 2. The molecular formula is C5H7N3O2. The Hall–Kier alpha value is -1.39. The summed E-state index contributed by atoms with van der Waals surface area (Å²) in [6, 6.07) is 0. The molecule has 0 saturated heterocycles. The maximum Gasteiger partial charge on any atom is 0.343 e. The van der Waals surface area contributed by atoms with Gasteiger partial charge in [-0.2, -0.15) is 0 Å². The number of aryl methyl sites for hydroxylation is 2. The van der Waals surface area contributed by atoms with Crippen LogP contribution in [-0.2, 0) is 0 Å². The molecule has 0 aromatic carbocycles. The smallest absolute Gasteiger partial charge is 0.343 e. The van der Waals surface area contributed by atoms with E-state index in [0.29, 0.717) is 11.5 Å². The minimum absolute atomic E-state index is 0.0162.